The molecule has 0 aliphatic heterocycles. The van der Waals surface area contributed by atoms with E-state index in [1.165, 1.54) is 12.8 Å². The molecule has 2 rings (SSSR count). The predicted molar refractivity (Wildman–Crippen MR) is 69.2 cm³/mol. The number of unbranched alkanes of at least 4 members (excludes halogenated alkanes) is 1. The Bertz CT molecular complexity index is 526. The highest BCUT2D eigenvalue weighted by Crippen LogP contribution is 2.20. The lowest BCUT2D eigenvalue weighted by atomic mass is 10.1. The Hall–Kier alpha value is -1.16. The van der Waals surface area contributed by atoms with Gasteiger partial charge in [0.25, 0.3) is 0 Å². The van der Waals surface area contributed by atoms with E-state index in [1.807, 2.05) is 18.3 Å². The smallest absolute Gasteiger partial charge is 0.179 e. The Morgan fingerprint density at radius 1 is 1.56 bits per heavy atom. The summed E-state index contributed by atoms with van der Waals surface area (Å²) >= 11 is 5.35. The molecule has 0 aliphatic carbocycles. The number of fused-ring (bicyclic) bond motifs is 1. The molecule has 0 saturated carbocycles. The quantitative estimate of drug-likeness (QED) is 0.817. The van der Waals surface area contributed by atoms with Gasteiger partial charge in [0, 0.05) is 12.2 Å². The van der Waals surface area contributed by atoms with Crippen LogP contribution in [0.2, 0.25) is 0 Å². The van der Waals surface area contributed by atoms with E-state index in [4.69, 9.17) is 12.2 Å². The molecule has 2 aromatic heterocycles. The molecule has 0 bridgehead atoms. The highest BCUT2D eigenvalue weighted by Gasteiger charge is 2.10. The fourth-order valence-electron chi connectivity index (χ4n) is 2.00. The molecule has 3 nitrogen and oxygen atoms in total. The molecular formula is C12H17N3S. The zero-order valence-electron chi connectivity index (χ0n) is 9.73. The maximum absolute atomic E-state index is 5.35. The van der Waals surface area contributed by atoms with Crippen LogP contribution in [0, 0.1) is 4.77 Å². The SMILES string of the molecule is CCCCC(C)n1c(=S)[nH]c2cccnc21. The lowest BCUT2D eigenvalue weighted by Crippen LogP contribution is -2.05. The first kappa shape index (κ1) is 11.3. The van der Waals surface area contributed by atoms with Crippen molar-refractivity contribution in [1.29, 1.82) is 0 Å². The lowest BCUT2D eigenvalue weighted by Gasteiger charge is -2.13. The van der Waals surface area contributed by atoms with Gasteiger partial charge in [-0.15, -0.1) is 0 Å². The summed E-state index contributed by atoms with van der Waals surface area (Å²) in [4.78, 5) is 7.60. The molecule has 0 fully saturated rings. The minimum absolute atomic E-state index is 0.413. The Balaban J connectivity index is 2.43. The number of pyridine rings is 1. The zero-order chi connectivity index (χ0) is 11.5. The van der Waals surface area contributed by atoms with Gasteiger partial charge in [0.1, 0.15) is 0 Å². The van der Waals surface area contributed by atoms with E-state index in [1.54, 1.807) is 0 Å². The van der Waals surface area contributed by atoms with E-state index in [-0.39, 0.29) is 0 Å². The molecule has 0 saturated heterocycles. The molecular weight excluding hydrogens is 218 g/mol. The number of imidazole rings is 1. The molecule has 0 aromatic carbocycles. The molecule has 86 valence electrons. The van der Waals surface area contributed by atoms with Crippen molar-refractivity contribution in [2.75, 3.05) is 0 Å². The molecule has 1 N–H and O–H groups in total. The molecule has 0 radical (unpaired) electrons. The van der Waals surface area contributed by atoms with Gasteiger partial charge in [-0.1, -0.05) is 19.8 Å². The van der Waals surface area contributed by atoms with Gasteiger partial charge in [-0.25, -0.2) is 4.98 Å². The fourth-order valence-corrected chi connectivity index (χ4v) is 2.37. The monoisotopic (exact) mass is 235 g/mol. The van der Waals surface area contributed by atoms with E-state index < -0.39 is 0 Å². The van der Waals surface area contributed by atoms with Gasteiger partial charge in [0.05, 0.1) is 5.52 Å². The van der Waals surface area contributed by atoms with Gasteiger partial charge in [-0.05, 0) is 37.7 Å². The Morgan fingerprint density at radius 3 is 3.12 bits per heavy atom. The van der Waals surface area contributed by atoms with Gasteiger partial charge in [0.2, 0.25) is 0 Å². The summed E-state index contributed by atoms with van der Waals surface area (Å²) < 4.78 is 2.90. The standard InChI is InChI=1S/C12H17N3S/c1-3-4-6-9(2)15-11-10(14-12(15)16)7-5-8-13-11/h5,7-9H,3-4,6H2,1-2H3,(H,14,16). The highest BCUT2D eigenvalue weighted by atomic mass is 32.1. The number of aromatic amines is 1. The van der Waals surface area contributed by atoms with Crippen molar-refractivity contribution in [3.8, 4) is 0 Å². The van der Waals surface area contributed by atoms with E-state index in [9.17, 15) is 0 Å². The van der Waals surface area contributed by atoms with E-state index in [0.717, 1.165) is 22.4 Å². The predicted octanol–water partition coefficient (Wildman–Crippen LogP) is 3.85. The molecule has 1 unspecified atom stereocenters. The highest BCUT2D eigenvalue weighted by molar-refractivity contribution is 7.71. The van der Waals surface area contributed by atoms with Gasteiger partial charge >= 0.3 is 0 Å². The largest absolute Gasteiger partial charge is 0.329 e. The summed E-state index contributed by atoms with van der Waals surface area (Å²) in [6.07, 6.45) is 5.40. The number of nitrogens with one attached hydrogen (secondary N) is 1. The van der Waals surface area contributed by atoms with Crippen molar-refractivity contribution in [3.63, 3.8) is 0 Å². The molecule has 2 aromatic rings. The van der Waals surface area contributed by atoms with Gasteiger partial charge in [-0.2, -0.15) is 0 Å². The first-order chi connectivity index (χ1) is 7.74. The molecule has 0 spiro atoms. The topological polar surface area (TPSA) is 33.6 Å². The van der Waals surface area contributed by atoms with Crippen LogP contribution in [0.3, 0.4) is 0 Å². The van der Waals surface area contributed by atoms with Crippen molar-refractivity contribution >= 4 is 23.4 Å². The number of hydrogen-bond acceptors (Lipinski definition) is 2. The third kappa shape index (κ3) is 2.02. The Morgan fingerprint density at radius 2 is 2.38 bits per heavy atom. The van der Waals surface area contributed by atoms with Crippen LogP contribution in [0.4, 0.5) is 0 Å². The van der Waals surface area contributed by atoms with Gasteiger partial charge in [0.15, 0.2) is 10.4 Å². The van der Waals surface area contributed by atoms with Crippen molar-refractivity contribution in [3.05, 3.63) is 23.1 Å². The van der Waals surface area contributed by atoms with Crippen LogP contribution in [0.1, 0.15) is 39.2 Å². The second-order valence-corrected chi connectivity index (χ2v) is 4.55. The van der Waals surface area contributed by atoms with E-state index in [2.05, 4.69) is 28.4 Å². The van der Waals surface area contributed by atoms with Crippen LogP contribution >= 0.6 is 12.2 Å². The molecule has 2 heterocycles. The van der Waals surface area contributed by atoms with Crippen LogP contribution in [-0.2, 0) is 0 Å². The summed E-state index contributed by atoms with van der Waals surface area (Å²) in [5.74, 6) is 0. The maximum atomic E-state index is 5.35. The number of hydrogen-bond donors (Lipinski definition) is 1. The van der Waals surface area contributed by atoms with Crippen LogP contribution in [0.15, 0.2) is 18.3 Å². The summed E-state index contributed by atoms with van der Waals surface area (Å²) in [7, 11) is 0. The number of aromatic nitrogens is 3. The molecule has 1 atom stereocenters. The van der Waals surface area contributed by atoms with Gasteiger partial charge in [-0.3, -0.25) is 4.57 Å². The summed E-state index contributed by atoms with van der Waals surface area (Å²) in [6.45, 7) is 4.41. The summed E-state index contributed by atoms with van der Waals surface area (Å²) in [6, 6.07) is 4.35. The van der Waals surface area contributed by atoms with Crippen molar-refractivity contribution in [1.82, 2.24) is 14.5 Å². The molecule has 0 amide bonds. The zero-order valence-corrected chi connectivity index (χ0v) is 10.5. The fraction of sp³-hybridized carbons (Fsp3) is 0.500. The van der Waals surface area contributed by atoms with Gasteiger partial charge < -0.3 is 4.98 Å². The first-order valence-corrected chi connectivity index (χ1v) is 6.20. The average molecular weight is 235 g/mol. The Labute approximate surface area is 101 Å². The second-order valence-electron chi connectivity index (χ2n) is 4.17. The lowest BCUT2D eigenvalue weighted by molar-refractivity contribution is 0.489. The molecule has 0 aliphatic rings. The van der Waals surface area contributed by atoms with E-state index >= 15 is 0 Å². The molecule has 16 heavy (non-hydrogen) atoms. The first-order valence-electron chi connectivity index (χ1n) is 5.79. The number of rotatable bonds is 4. The summed E-state index contributed by atoms with van der Waals surface area (Å²) in [5.41, 5.74) is 1.99. The van der Waals surface area contributed by atoms with Crippen molar-refractivity contribution in [2.45, 2.75) is 39.2 Å². The Kier molecular flexibility index (Phi) is 3.39. The normalized spacial score (nSPS) is 13.1. The number of H-pyrrole nitrogens is 1. The maximum Gasteiger partial charge on any atom is 0.179 e. The van der Waals surface area contributed by atoms with Crippen molar-refractivity contribution < 1.29 is 0 Å². The van der Waals surface area contributed by atoms with Crippen LogP contribution in [0.25, 0.3) is 11.2 Å². The van der Waals surface area contributed by atoms with Crippen LogP contribution < -0.4 is 0 Å². The number of nitrogens with zero attached hydrogens (tertiary/aromatic N) is 2. The minimum atomic E-state index is 0.413. The average Bonchev–Trinajstić information content (AvgIpc) is 2.62. The second kappa shape index (κ2) is 4.78. The molecule has 4 heteroatoms. The summed E-state index contributed by atoms with van der Waals surface area (Å²) in [5, 5.41) is 0. The van der Waals surface area contributed by atoms with E-state index in [0.29, 0.717) is 6.04 Å². The third-order valence-corrected chi connectivity index (χ3v) is 3.19. The minimum Gasteiger partial charge on any atom is -0.329 e. The van der Waals surface area contributed by atoms with Crippen LogP contribution in [0.5, 0.6) is 0 Å². The van der Waals surface area contributed by atoms with Crippen molar-refractivity contribution in [2.24, 2.45) is 0 Å². The third-order valence-electron chi connectivity index (χ3n) is 2.89. The van der Waals surface area contributed by atoms with Crippen LogP contribution in [-0.4, -0.2) is 14.5 Å².